The molecule has 1 fully saturated rings. The molecule has 2 aliphatic heterocycles. The summed E-state index contributed by atoms with van der Waals surface area (Å²) in [6.45, 7) is 0. The largest absolute Gasteiger partial charge is 0.448 e. The summed E-state index contributed by atoms with van der Waals surface area (Å²) in [5.74, 6) is -0.508. The zero-order valence-electron chi connectivity index (χ0n) is 14.7. The summed E-state index contributed by atoms with van der Waals surface area (Å²) in [6.07, 6.45) is -0.602. The number of amides is 1. The summed E-state index contributed by atoms with van der Waals surface area (Å²) in [7, 11) is 0. The van der Waals surface area contributed by atoms with E-state index in [-0.39, 0.29) is 29.4 Å². The Morgan fingerprint density at radius 1 is 1.11 bits per heavy atom. The highest BCUT2D eigenvalue weighted by Gasteiger charge is 2.52. The highest BCUT2D eigenvalue weighted by Crippen LogP contribution is 2.41. The molecule has 8 heteroatoms. The second-order valence-electron chi connectivity index (χ2n) is 6.30. The van der Waals surface area contributed by atoms with E-state index in [1.54, 1.807) is 0 Å². The van der Waals surface area contributed by atoms with E-state index in [1.165, 1.54) is 16.7 Å². The summed E-state index contributed by atoms with van der Waals surface area (Å²) < 4.78 is 5.84. The molecule has 1 amide bonds. The lowest BCUT2D eigenvalue weighted by molar-refractivity contribution is -0.152. The molecule has 0 aromatic heterocycles. The maximum Gasteiger partial charge on any atom is 0.357 e. The van der Waals surface area contributed by atoms with Crippen molar-refractivity contribution in [2.24, 2.45) is 5.73 Å². The zero-order valence-corrected chi connectivity index (χ0v) is 17.0. The van der Waals surface area contributed by atoms with Crippen LogP contribution in [-0.4, -0.2) is 33.9 Å². The third-order valence-corrected chi connectivity index (χ3v) is 6.36. The number of halogens is 2. The van der Waals surface area contributed by atoms with Crippen molar-refractivity contribution in [3.05, 3.63) is 82.5 Å². The second-order valence-corrected chi connectivity index (χ2v) is 7.86. The lowest BCUT2D eigenvalue weighted by atomic mass is 10.0. The molecular weight excluding hydrogens is 419 g/mol. The number of carbonyl (C=O) groups is 2. The molecule has 2 aromatic carbocycles. The fourth-order valence-electron chi connectivity index (χ4n) is 3.22. The summed E-state index contributed by atoms with van der Waals surface area (Å²) in [5, 5.41) is 0.0378. The van der Waals surface area contributed by atoms with E-state index >= 15 is 0 Å². The summed E-state index contributed by atoms with van der Waals surface area (Å²) in [5.41, 5.74) is 7.61. The second kappa shape index (κ2) is 8.57. The Kier molecular flexibility index (Phi) is 6.35. The topological polar surface area (TPSA) is 72.6 Å². The third-order valence-electron chi connectivity index (χ3n) is 4.59. The third kappa shape index (κ3) is 3.65. The van der Waals surface area contributed by atoms with E-state index in [0.717, 1.165) is 11.1 Å². The highest BCUT2D eigenvalue weighted by molar-refractivity contribution is 8.00. The van der Waals surface area contributed by atoms with Gasteiger partial charge in [0.15, 0.2) is 6.10 Å². The van der Waals surface area contributed by atoms with E-state index < -0.39 is 18.1 Å². The van der Waals surface area contributed by atoms with Crippen molar-refractivity contribution >= 4 is 47.6 Å². The first-order chi connectivity index (χ1) is 13.1. The lowest BCUT2D eigenvalue weighted by Gasteiger charge is -2.47. The Morgan fingerprint density at radius 3 is 2.18 bits per heavy atom. The first kappa shape index (κ1) is 20.7. The van der Waals surface area contributed by atoms with Crippen LogP contribution in [0.3, 0.4) is 0 Å². The summed E-state index contributed by atoms with van der Waals surface area (Å²) >= 11 is 7.73. The van der Waals surface area contributed by atoms with Gasteiger partial charge in [0, 0.05) is 5.75 Å². The van der Waals surface area contributed by atoms with Gasteiger partial charge in [0.25, 0.3) is 0 Å². The fraction of sp³-hybridized carbons (Fsp3) is 0.200. The number of β-lactam (4-membered cyclic amide) rings is 1. The van der Waals surface area contributed by atoms with Crippen LogP contribution in [0.2, 0.25) is 0 Å². The van der Waals surface area contributed by atoms with Crippen molar-refractivity contribution < 1.29 is 14.3 Å². The molecule has 0 bridgehead atoms. The molecule has 146 valence electrons. The van der Waals surface area contributed by atoms with Gasteiger partial charge in [-0.3, -0.25) is 9.69 Å². The molecule has 5 nitrogen and oxygen atoms in total. The van der Waals surface area contributed by atoms with Crippen LogP contribution in [0.4, 0.5) is 0 Å². The van der Waals surface area contributed by atoms with Gasteiger partial charge in [0.05, 0.1) is 5.03 Å². The Labute approximate surface area is 178 Å². The number of rotatable bonds is 4. The number of esters is 1. The number of fused-ring (bicyclic) bond motifs is 1. The van der Waals surface area contributed by atoms with Crippen LogP contribution in [0, 0.1) is 0 Å². The molecule has 2 N–H and O–H groups in total. The molecule has 2 aromatic rings. The maximum atomic E-state index is 13.0. The van der Waals surface area contributed by atoms with Crippen molar-refractivity contribution in [1.82, 2.24) is 4.90 Å². The van der Waals surface area contributed by atoms with Crippen molar-refractivity contribution in [2.45, 2.75) is 17.5 Å². The van der Waals surface area contributed by atoms with Crippen LogP contribution in [0.25, 0.3) is 0 Å². The molecule has 2 aliphatic rings. The van der Waals surface area contributed by atoms with E-state index in [1.807, 2.05) is 60.7 Å². The maximum absolute atomic E-state index is 13.0. The molecule has 4 rings (SSSR count). The van der Waals surface area contributed by atoms with Crippen LogP contribution in [0.5, 0.6) is 0 Å². The standard InChI is InChI=1S/C20H17ClN2O3S.ClH/c21-14-11-27-19-15(22)18(24)23(19)16(14)20(25)26-17(12-7-3-1-4-8-12)13-9-5-2-6-10-13;/h1-10,15,17,19H,11,22H2;1H/t15?,19-;/m1./s1. The van der Waals surface area contributed by atoms with Crippen LogP contribution in [0.1, 0.15) is 17.2 Å². The number of nitrogens with zero attached hydrogens (tertiary/aromatic N) is 1. The number of carbonyl (C=O) groups excluding carboxylic acids is 2. The molecule has 0 aliphatic carbocycles. The van der Waals surface area contributed by atoms with E-state index in [0.29, 0.717) is 10.8 Å². The SMILES string of the molecule is Cl.NC1C(=O)N2C(C(=O)OC(c3ccccc3)c3ccccc3)=C(Cl)CS[C@H]12. The predicted octanol–water partition coefficient (Wildman–Crippen LogP) is 3.43. The van der Waals surface area contributed by atoms with Gasteiger partial charge in [-0.2, -0.15) is 0 Å². The molecule has 2 heterocycles. The van der Waals surface area contributed by atoms with Crippen molar-refractivity contribution in [3.8, 4) is 0 Å². The van der Waals surface area contributed by atoms with E-state index in [9.17, 15) is 9.59 Å². The van der Waals surface area contributed by atoms with Gasteiger partial charge in [-0.25, -0.2) is 4.79 Å². The number of hydrogen-bond acceptors (Lipinski definition) is 5. The van der Waals surface area contributed by atoms with Gasteiger partial charge in [0.1, 0.15) is 17.1 Å². The molecule has 2 atom stereocenters. The number of hydrogen-bond donors (Lipinski definition) is 1. The quantitative estimate of drug-likeness (QED) is 0.586. The van der Waals surface area contributed by atoms with Crippen LogP contribution in [0.15, 0.2) is 71.4 Å². The monoisotopic (exact) mass is 436 g/mol. The molecule has 0 radical (unpaired) electrons. The molecule has 1 saturated heterocycles. The average molecular weight is 437 g/mol. The van der Waals surface area contributed by atoms with Crippen LogP contribution >= 0.6 is 35.8 Å². The van der Waals surface area contributed by atoms with Crippen molar-refractivity contribution in [1.29, 1.82) is 0 Å². The minimum atomic E-state index is -0.622. The van der Waals surface area contributed by atoms with Gasteiger partial charge in [0.2, 0.25) is 5.91 Å². The Hall–Kier alpha value is -1.99. The number of nitrogens with two attached hydrogens (primary N) is 1. The molecule has 28 heavy (non-hydrogen) atoms. The highest BCUT2D eigenvalue weighted by atomic mass is 35.5. The summed E-state index contributed by atoms with van der Waals surface area (Å²) in [6, 6.07) is 18.3. The van der Waals surface area contributed by atoms with E-state index in [4.69, 9.17) is 22.1 Å². The van der Waals surface area contributed by atoms with Crippen LogP contribution in [-0.2, 0) is 14.3 Å². The molecule has 0 spiro atoms. The van der Waals surface area contributed by atoms with Gasteiger partial charge >= 0.3 is 5.97 Å². The van der Waals surface area contributed by atoms with Gasteiger partial charge < -0.3 is 10.5 Å². The normalized spacial score (nSPS) is 21.0. The number of ether oxygens (including phenoxy) is 1. The fourth-order valence-corrected chi connectivity index (χ4v) is 4.71. The average Bonchev–Trinajstić information content (AvgIpc) is 2.72. The predicted molar refractivity (Wildman–Crippen MR) is 112 cm³/mol. The van der Waals surface area contributed by atoms with Gasteiger partial charge in [-0.15, -0.1) is 24.2 Å². The van der Waals surface area contributed by atoms with E-state index in [2.05, 4.69) is 0 Å². The smallest absolute Gasteiger partial charge is 0.357 e. The number of thioether (sulfide) groups is 1. The van der Waals surface area contributed by atoms with Gasteiger partial charge in [-0.1, -0.05) is 72.3 Å². The lowest BCUT2D eigenvalue weighted by Crippen LogP contribution is -2.68. The van der Waals surface area contributed by atoms with Crippen molar-refractivity contribution in [2.75, 3.05) is 5.75 Å². The minimum absolute atomic E-state index is 0. The minimum Gasteiger partial charge on any atom is -0.448 e. The Bertz CT molecular complexity index is 869. The molecule has 0 saturated carbocycles. The Morgan fingerprint density at radius 2 is 1.64 bits per heavy atom. The Balaban J connectivity index is 0.00000225. The van der Waals surface area contributed by atoms with Gasteiger partial charge in [-0.05, 0) is 11.1 Å². The van der Waals surface area contributed by atoms with Crippen molar-refractivity contribution in [3.63, 3.8) is 0 Å². The zero-order chi connectivity index (χ0) is 19.0. The molecular formula is C20H18Cl2N2O3S. The molecule has 1 unspecified atom stereocenters. The first-order valence-corrected chi connectivity index (χ1v) is 9.90. The summed E-state index contributed by atoms with van der Waals surface area (Å²) in [4.78, 5) is 26.5. The first-order valence-electron chi connectivity index (χ1n) is 8.47. The number of benzene rings is 2. The van der Waals surface area contributed by atoms with Crippen LogP contribution < -0.4 is 5.73 Å².